The average molecular weight is 499 g/mol. The van der Waals surface area contributed by atoms with E-state index in [0.29, 0.717) is 41.4 Å². The first-order valence-electron chi connectivity index (χ1n) is 14.0. The minimum atomic E-state index is -2.37. The lowest BCUT2D eigenvalue weighted by Gasteiger charge is -2.57. The number of hydrogen-bond donors (Lipinski definition) is 0. The van der Waals surface area contributed by atoms with E-state index in [9.17, 15) is 0 Å². The molecule has 0 spiro atoms. The lowest BCUT2D eigenvalue weighted by atomic mass is 9.52. The van der Waals surface area contributed by atoms with Crippen molar-refractivity contribution in [2.45, 2.75) is 128 Å². The van der Waals surface area contributed by atoms with E-state index in [0.717, 1.165) is 25.7 Å². The number of halogens is 1. The molecule has 0 bridgehead atoms. The third kappa shape index (κ3) is 6.05. The Morgan fingerprint density at radius 2 is 0.882 bits per heavy atom. The van der Waals surface area contributed by atoms with Gasteiger partial charge in [-0.3, -0.25) is 0 Å². The summed E-state index contributed by atoms with van der Waals surface area (Å²) in [6, 6.07) is 0. The van der Waals surface area contributed by atoms with Crippen molar-refractivity contribution in [1.29, 1.82) is 0 Å². The van der Waals surface area contributed by atoms with E-state index < -0.39 is 8.69 Å². The molecule has 8 atom stereocenters. The van der Waals surface area contributed by atoms with Crippen molar-refractivity contribution >= 4 is 8.69 Å². The quantitative estimate of drug-likeness (QED) is 0.309. The Morgan fingerprint density at radius 3 is 1.15 bits per heavy atom. The first-order chi connectivity index (χ1) is 15.2. The predicted molar refractivity (Wildman–Crippen MR) is 144 cm³/mol. The zero-order chi connectivity index (χ0) is 26.0. The minimum Gasteiger partial charge on any atom is -0.305 e. The molecule has 0 aromatic rings. The molecule has 0 aromatic heterocycles. The van der Waals surface area contributed by atoms with Crippen molar-refractivity contribution in [3.05, 3.63) is 0 Å². The highest BCUT2D eigenvalue weighted by atomic mass is 31.2. The molecule has 2 aliphatic carbocycles. The zero-order valence-electron chi connectivity index (χ0n) is 24.7. The first-order valence-corrected chi connectivity index (χ1v) is 15.1. The zero-order valence-corrected chi connectivity index (χ0v) is 25.6. The van der Waals surface area contributed by atoms with Crippen molar-refractivity contribution in [3.8, 4) is 0 Å². The molecule has 8 unspecified atom stereocenters. The fraction of sp³-hybridized carbons (Fsp3) is 1.00. The number of rotatable bonds is 0. The lowest BCUT2D eigenvalue weighted by molar-refractivity contribution is -0.139. The standard InChI is InChI=1S/C30H56FO2P/c1-18-21-14-19(27(2,3)4)16-23(29(8,9)10)25(21)32-34(31)33-26-22(18)15-20(28(5,6)7)17-24(26)30(11,12)13/h18-26H,14-17H2,1-13H3. The maximum absolute atomic E-state index is 15.7. The van der Waals surface area contributed by atoms with Crippen LogP contribution in [0, 0.1) is 63.1 Å². The predicted octanol–water partition coefficient (Wildman–Crippen LogP) is 10.1. The van der Waals surface area contributed by atoms with Gasteiger partial charge in [0.1, 0.15) is 0 Å². The Hall–Kier alpha value is 0.280. The topological polar surface area (TPSA) is 18.5 Å². The van der Waals surface area contributed by atoms with Crippen LogP contribution >= 0.6 is 8.69 Å². The van der Waals surface area contributed by atoms with Crippen molar-refractivity contribution in [2.24, 2.45) is 63.1 Å². The Balaban J connectivity index is 2.06. The molecule has 2 nitrogen and oxygen atoms in total. The third-order valence-corrected chi connectivity index (χ3v) is 11.1. The highest BCUT2D eigenvalue weighted by molar-refractivity contribution is 7.41. The second-order valence-electron chi connectivity index (χ2n) is 16.6. The van der Waals surface area contributed by atoms with Gasteiger partial charge in [-0.1, -0.05) is 90.0 Å². The van der Waals surface area contributed by atoms with Gasteiger partial charge in [0.15, 0.2) is 0 Å². The third-order valence-electron chi connectivity index (χ3n) is 10.3. The largest absolute Gasteiger partial charge is 0.375 e. The van der Waals surface area contributed by atoms with Crippen molar-refractivity contribution < 1.29 is 13.2 Å². The summed E-state index contributed by atoms with van der Waals surface area (Å²) < 4.78 is 28.4. The fourth-order valence-corrected chi connectivity index (χ4v) is 8.61. The molecule has 2 saturated carbocycles. The van der Waals surface area contributed by atoms with Crippen LogP contribution in [0.2, 0.25) is 0 Å². The van der Waals surface area contributed by atoms with Crippen LogP contribution in [-0.2, 0) is 9.05 Å². The summed E-state index contributed by atoms with van der Waals surface area (Å²) in [6.07, 6.45) is 4.44. The fourth-order valence-electron chi connectivity index (χ4n) is 7.57. The van der Waals surface area contributed by atoms with Crippen LogP contribution < -0.4 is 0 Å². The van der Waals surface area contributed by atoms with E-state index in [-0.39, 0.29) is 33.9 Å². The molecule has 0 radical (unpaired) electrons. The minimum absolute atomic E-state index is 0.0474. The maximum atomic E-state index is 15.7. The van der Waals surface area contributed by atoms with E-state index in [1.165, 1.54) is 0 Å². The monoisotopic (exact) mass is 498 g/mol. The Kier molecular flexibility index (Phi) is 8.10. The highest BCUT2D eigenvalue weighted by Crippen LogP contribution is 2.62. The van der Waals surface area contributed by atoms with Crippen LogP contribution in [0.3, 0.4) is 0 Å². The molecule has 4 heteroatoms. The van der Waals surface area contributed by atoms with Gasteiger partial charge in [-0.15, -0.1) is 0 Å². The van der Waals surface area contributed by atoms with E-state index >= 15 is 4.20 Å². The van der Waals surface area contributed by atoms with Crippen LogP contribution in [0.25, 0.3) is 0 Å². The van der Waals surface area contributed by atoms with Gasteiger partial charge in [-0.2, -0.15) is 4.20 Å². The normalized spacial score (nSPS) is 42.9. The van der Waals surface area contributed by atoms with E-state index in [1.807, 2.05) is 0 Å². The summed E-state index contributed by atoms with van der Waals surface area (Å²) in [5, 5.41) is 0. The Bertz CT molecular complexity index is 637. The summed E-state index contributed by atoms with van der Waals surface area (Å²) >= 11 is 0. The van der Waals surface area contributed by atoms with Gasteiger partial charge in [-0.25, -0.2) is 0 Å². The molecule has 200 valence electrons. The molecule has 1 saturated heterocycles. The smallest absolute Gasteiger partial charge is 0.305 e. The molecule has 0 N–H and O–H groups in total. The van der Waals surface area contributed by atoms with Gasteiger partial charge in [0.05, 0.1) is 12.2 Å². The van der Waals surface area contributed by atoms with Gasteiger partial charge in [0, 0.05) is 0 Å². The molecule has 0 amide bonds. The van der Waals surface area contributed by atoms with Crippen LogP contribution in [-0.4, -0.2) is 12.2 Å². The molecule has 3 aliphatic rings. The van der Waals surface area contributed by atoms with Crippen LogP contribution in [0.15, 0.2) is 0 Å². The molecule has 3 fully saturated rings. The first kappa shape index (κ1) is 28.8. The second kappa shape index (κ2) is 9.54. The summed E-state index contributed by atoms with van der Waals surface area (Å²) in [7, 11) is -2.37. The average Bonchev–Trinajstić information content (AvgIpc) is 2.63. The summed E-state index contributed by atoms with van der Waals surface area (Å²) in [4.78, 5) is 0. The molecule has 1 heterocycles. The van der Waals surface area contributed by atoms with Gasteiger partial charge in [0.25, 0.3) is 0 Å². The van der Waals surface area contributed by atoms with Gasteiger partial charge < -0.3 is 9.05 Å². The molecule has 3 rings (SSSR count). The summed E-state index contributed by atoms with van der Waals surface area (Å²) in [6.45, 7) is 30.8. The maximum Gasteiger partial charge on any atom is 0.375 e. The van der Waals surface area contributed by atoms with Gasteiger partial charge in [0.2, 0.25) is 0 Å². The number of hydrogen-bond acceptors (Lipinski definition) is 2. The highest BCUT2D eigenvalue weighted by Gasteiger charge is 2.56. The van der Waals surface area contributed by atoms with Gasteiger partial charge >= 0.3 is 8.69 Å². The van der Waals surface area contributed by atoms with Crippen LogP contribution in [0.1, 0.15) is 116 Å². The second-order valence-corrected chi connectivity index (χ2v) is 17.4. The molecule has 34 heavy (non-hydrogen) atoms. The van der Waals surface area contributed by atoms with Crippen molar-refractivity contribution in [3.63, 3.8) is 0 Å². The van der Waals surface area contributed by atoms with Crippen LogP contribution in [0.5, 0.6) is 0 Å². The van der Waals surface area contributed by atoms with E-state index in [1.54, 1.807) is 0 Å². The SMILES string of the molecule is CC1C2CC(C(C)(C)C)CC(C(C)(C)C)C2OP(F)OC2C1CC(C(C)(C)C)CC2C(C)(C)C. The lowest BCUT2D eigenvalue weighted by Crippen LogP contribution is -2.55. The Morgan fingerprint density at radius 1 is 0.559 bits per heavy atom. The van der Waals surface area contributed by atoms with Gasteiger partial charge in [-0.05, 0) is 88.8 Å². The Labute approximate surface area is 212 Å². The summed E-state index contributed by atoms with van der Waals surface area (Å²) in [5.74, 6) is 3.20. The molecule has 0 aromatic carbocycles. The van der Waals surface area contributed by atoms with Crippen LogP contribution in [0.4, 0.5) is 4.20 Å². The van der Waals surface area contributed by atoms with Crippen molar-refractivity contribution in [2.75, 3.05) is 0 Å². The molecular weight excluding hydrogens is 442 g/mol. The van der Waals surface area contributed by atoms with E-state index in [4.69, 9.17) is 9.05 Å². The van der Waals surface area contributed by atoms with Crippen molar-refractivity contribution in [1.82, 2.24) is 0 Å². The van der Waals surface area contributed by atoms with E-state index in [2.05, 4.69) is 90.0 Å². The summed E-state index contributed by atoms with van der Waals surface area (Å²) in [5.41, 5.74) is 0.661. The molecule has 1 aliphatic heterocycles. The molecular formula is C30H56FO2P. The number of fused-ring (bicyclic) bond motifs is 2.